The molecule has 160 valence electrons. The van der Waals surface area contributed by atoms with E-state index in [0.29, 0.717) is 24.5 Å². The van der Waals surface area contributed by atoms with Crippen molar-refractivity contribution >= 4 is 45.1 Å². The van der Waals surface area contributed by atoms with Crippen molar-refractivity contribution in [3.05, 3.63) is 86.2 Å². The van der Waals surface area contributed by atoms with Crippen LogP contribution in [0.4, 0.5) is 14.6 Å². The Balaban J connectivity index is 0.00000272. The molecule has 9 heteroatoms. The lowest BCUT2D eigenvalue weighted by Gasteiger charge is -2.11. The van der Waals surface area contributed by atoms with Gasteiger partial charge >= 0.3 is 0 Å². The number of rotatable bonds is 5. The van der Waals surface area contributed by atoms with Crippen LogP contribution in [0.3, 0.4) is 0 Å². The summed E-state index contributed by atoms with van der Waals surface area (Å²) in [7, 11) is 0. The molecule has 0 spiro atoms. The van der Waals surface area contributed by atoms with Crippen molar-refractivity contribution in [2.45, 2.75) is 13.3 Å². The van der Waals surface area contributed by atoms with Crippen LogP contribution in [0, 0.1) is 18.6 Å². The van der Waals surface area contributed by atoms with E-state index in [-0.39, 0.29) is 33.8 Å². The van der Waals surface area contributed by atoms with E-state index in [2.05, 4.69) is 36.2 Å². The molecule has 2 N–H and O–H groups in total. The Hall–Kier alpha value is -2.84. The topological polar surface area (TPSA) is 70.7 Å². The van der Waals surface area contributed by atoms with Crippen molar-refractivity contribution in [2.75, 3.05) is 11.9 Å². The molecule has 4 aromatic rings. The summed E-state index contributed by atoms with van der Waals surface area (Å²) in [6.07, 6.45) is 0.587. The smallest absolute Gasteiger partial charge is 0.248 e. The predicted octanol–water partition coefficient (Wildman–Crippen LogP) is 5.41. The number of pyridine rings is 1. The Labute approximate surface area is 191 Å². The van der Waals surface area contributed by atoms with Crippen molar-refractivity contribution in [1.29, 1.82) is 0 Å². The molecule has 0 aliphatic heterocycles. The number of aromatic nitrogens is 3. The molecule has 2 aromatic carbocycles. The molecular weight excluding hydrogens is 490 g/mol. The molecule has 0 aliphatic carbocycles. The van der Waals surface area contributed by atoms with Crippen LogP contribution >= 0.6 is 28.3 Å². The number of fused-ring (bicyclic) bond motifs is 1. The number of anilines is 1. The highest BCUT2D eigenvalue weighted by Gasteiger charge is 2.14. The zero-order valence-corrected chi connectivity index (χ0v) is 18.8. The second-order valence-electron chi connectivity index (χ2n) is 6.85. The maximum absolute atomic E-state index is 14.3. The Morgan fingerprint density at radius 3 is 2.65 bits per heavy atom. The molecule has 5 nitrogen and oxygen atoms in total. The van der Waals surface area contributed by atoms with Crippen LogP contribution < -0.4 is 10.9 Å². The number of H-pyrrole nitrogens is 1. The van der Waals surface area contributed by atoms with E-state index in [1.54, 1.807) is 19.1 Å². The molecule has 0 radical (unpaired) electrons. The van der Waals surface area contributed by atoms with E-state index < -0.39 is 11.6 Å². The minimum absolute atomic E-state index is 0. The van der Waals surface area contributed by atoms with Gasteiger partial charge < -0.3 is 10.3 Å². The van der Waals surface area contributed by atoms with Gasteiger partial charge in [0, 0.05) is 35.3 Å². The lowest BCUT2D eigenvalue weighted by atomic mass is 10.1. The molecular formula is C22H18BrClF2N4O. The molecule has 4 rings (SSSR count). The van der Waals surface area contributed by atoms with Gasteiger partial charge in [0.1, 0.15) is 17.5 Å². The largest absolute Gasteiger partial charge is 0.370 e. The Kier molecular flexibility index (Phi) is 7.02. The number of nitrogens with zero attached hydrogens (tertiary/aromatic N) is 2. The first-order valence-corrected chi connectivity index (χ1v) is 10.1. The number of aryl methyl sites for hydroxylation is 1. The fraction of sp³-hybridized carbons (Fsp3) is 0.136. The van der Waals surface area contributed by atoms with Gasteiger partial charge in [-0.05, 0) is 53.0 Å². The lowest BCUT2D eigenvalue weighted by molar-refractivity contribution is 0.596. The molecule has 31 heavy (non-hydrogen) atoms. The SMILES string of the molecule is Cc1cc(NCCc2cc(=O)[nH]c3ccccc23)nc(-c2cc(F)c(Br)cc2F)n1.Cl. The standard InChI is InChI=1S/C22H17BrF2N4O.ClH/c1-12-8-20(29-22(27-12)15-10-18(25)16(23)11-17(15)24)26-7-6-13-9-21(30)28-19-5-3-2-4-14(13)19;/h2-5,8-11H,6-7H2,1H3,(H,28,30)(H,26,27,29);1H. The minimum atomic E-state index is -0.616. The van der Waals surface area contributed by atoms with E-state index >= 15 is 0 Å². The average Bonchev–Trinajstić information content (AvgIpc) is 2.70. The fourth-order valence-electron chi connectivity index (χ4n) is 3.28. The quantitative estimate of drug-likeness (QED) is 0.354. The van der Waals surface area contributed by atoms with Crippen LogP contribution in [0.15, 0.2) is 57.8 Å². The molecule has 2 aromatic heterocycles. The second-order valence-corrected chi connectivity index (χ2v) is 7.70. The van der Waals surface area contributed by atoms with E-state index in [0.717, 1.165) is 28.6 Å². The number of hydrogen-bond acceptors (Lipinski definition) is 4. The fourth-order valence-corrected chi connectivity index (χ4v) is 3.60. The first-order valence-electron chi connectivity index (χ1n) is 9.26. The van der Waals surface area contributed by atoms with Gasteiger partial charge in [0.25, 0.3) is 0 Å². The summed E-state index contributed by atoms with van der Waals surface area (Å²) in [6.45, 7) is 2.26. The van der Waals surface area contributed by atoms with E-state index in [1.807, 2.05) is 24.3 Å². The highest BCUT2D eigenvalue weighted by atomic mass is 79.9. The van der Waals surface area contributed by atoms with Crippen LogP contribution in [0.25, 0.3) is 22.3 Å². The summed E-state index contributed by atoms with van der Waals surface area (Å²) >= 11 is 2.97. The number of nitrogens with one attached hydrogen (secondary N) is 2. The third-order valence-corrected chi connectivity index (χ3v) is 5.25. The zero-order chi connectivity index (χ0) is 21.3. The maximum Gasteiger partial charge on any atom is 0.248 e. The van der Waals surface area contributed by atoms with Crippen LogP contribution in [-0.4, -0.2) is 21.5 Å². The van der Waals surface area contributed by atoms with Crippen molar-refractivity contribution in [1.82, 2.24) is 15.0 Å². The number of benzene rings is 2. The van der Waals surface area contributed by atoms with Gasteiger partial charge in [-0.2, -0.15) is 0 Å². The molecule has 2 heterocycles. The monoisotopic (exact) mass is 506 g/mol. The van der Waals surface area contributed by atoms with Crippen LogP contribution in [0.1, 0.15) is 11.3 Å². The Bertz CT molecular complexity index is 1310. The summed E-state index contributed by atoms with van der Waals surface area (Å²) in [6, 6.07) is 13.0. The molecule has 0 bridgehead atoms. The van der Waals surface area contributed by atoms with Crippen molar-refractivity contribution < 1.29 is 8.78 Å². The van der Waals surface area contributed by atoms with Gasteiger partial charge in [0.2, 0.25) is 5.56 Å². The van der Waals surface area contributed by atoms with Crippen LogP contribution in [-0.2, 0) is 6.42 Å². The van der Waals surface area contributed by atoms with E-state index in [1.165, 1.54) is 0 Å². The van der Waals surface area contributed by atoms with Crippen molar-refractivity contribution in [3.63, 3.8) is 0 Å². The summed E-state index contributed by atoms with van der Waals surface area (Å²) in [5, 5.41) is 4.16. The minimum Gasteiger partial charge on any atom is -0.370 e. The third kappa shape index (κ3) is 5.08. The van der Waals surface area contributed by atoms with Gasteiger partial charge in [-0.3, -0.25) is 4.79 Å². The molecule has 0 atom stereocenters. The average molecular weight is 508 g/mol. The number of halogens is 4. The van der Waals surface area contributed by atoms with Crippen LogP contribution in [0.2, 0.25) is 0 Å². The number of para-hydroxylation sites is 1. The van der Waals surface area contributed by atoms with E-state index in [4.69, 9.17) is 0 Å². The molecule has 0 unspecified atom stereocenters. The molecule has 0 fully saturated rings. The van der Waals surface area contributed by atoms with Crippen molar-refractivity contribution in [3.8, 4) is 11.4 Å². The van der Waals surface area contributed by atoms with Crippen LogP contribution in [0.5, 0.6) is 0 Å². The highest BCUT2D eigenvalue weighted by Crippen LogP contribution is 2.27. The number of aromatic amines is 1. The first kappa shape index (κ1) is 22.8. The summed E-state index contributed by atoms with van der Waals surface area (Å²) in [4.78, 5) is 23.3. The zero-order valence-electron chi connectivity index (χ0n) is 16.4. The first-order chi connectivity index (χ1) is 14.4. The van der Waals surface area contributed by atoms with Crippen molar-refractivity contribution in [2.24, 2.45) is 0 Å². The maximum atomic E-state index is 14.3. The van der Waals surface area contributed by atoms with Gasteiger partial charge in [-0.25, -0.2) is 18.7 Å². The summed E-state index contributed by atoms with van der Waals surface area (Å²) < 4.78 is 28.2. The third-order valence-electron chi connectivity index (χ3n) is 4.64. The van der Waals surface area contributed by atoms with Gasteiger partial charge in [-0.15, -0.1) is 12.4 Å². The Morgan fingerprint density at radius 1 is 1.06 bits per heavy atom. The van der Waals surface area contributed by atoms with E-state index in [9.17, 15) is 13.6 Å². The summed E-state index contributed by atoms with van der Waals surface area (Å²) in [5.74, 6) is -0.612. The van der Waals surface area contributed by atoms with Gasteiger partial charge in [0.15, 0.2) is 5.82 Å². The summed E-state index contributed by atoms with van der Waals surface area (Å²) in [5.41, 5.74) is 2.15. The van der Waals surface area contributed by atoms with Gasteiger partial charge in [0.05, 0.1) is 10.0 Å². The lowest BCUT2D eigenvalue weighted by Crippen LogP contribution is -2.12. The molecule has 0 aliphatic rings. The molecule has 0 saturated heterocycles. The highest BCUT2D eigenvalue weighted by molar-refractivity contribution is 9.10. The molecule has 0 saturated carbocycles. The Morgan fingerprint density at radius 2 is 1.84 bits per heavy atom. The van der Waals surface area contributed by atoms with Gasteiger partial charge in [-0.1, -0.05) is 18.2 Å². The molecule has 0 amide bonds. The second kappa shape index (κ2) is 9.53. The predicted molar refractivity (Wildman–Crippen MR) is 124 cm³/mol. The number of hydrogen-bond donors (Lipinski definition) is 2. The normalized spacial score (nSPS) is 10.7.